The number of carbonyl (C=O) groups excluding carboxylic acids is 2. The zero-order valence-electron chi connectivity index (χ0n) is 14.0. The third kappa shape index (κ3) is 4.01. The lowest BCUT2D eigenvalue weighted by molar-refractivity contribution is -0.137. The topological polar surface area (TPSA) is 75.9 Å². The van der Waals surface area contributed by atoms with Crippen LogP contribution in [0.5, 0.6) is 5.75 Å². The Labute approximate surface area is 137 Å². The molecule has 1 saturated heterocycles. The zero-order valence-corrected chi connectivity index (χ0v) is 14.0. The molecule has 2 rings (SSSR count). The van der Waals surface area contributed by atoms with Crippen LogP contribution in [0.4, 0.5) is 0 Å². The van der Waals surface area contributed by atoms with E-state index in [-0.39, 0.29) is 24.3 Å². The molecule has 1 aromatic carbocycles. The first kappa shape index (κ1) is 17.3. The van der Waals surface area contributed by atoms with Gasteiger partial charge in [-0.05, 0) is 19.9 Å². The van der Waals surface area contributed by atoms with Gasteiger partial charge in [-0.2, -0.15) is 0 Å². The molecular weight excluding hydrogens is 294 g/mol. The highest BCUT2D eigenvalue weighted by Gasteiger charge is 2.34. The molecule has 0 bridgehead atoms. The van der Waals surface area contributed by atoms with Gasteiger partial charge in [0.15, 0.2) is 0 Å². The van der Waals surface area contributed by atoms with Gasteiger partial charge in [0.2, 0.25) is 11.8 Å². The number of rotatable bonds is 5. The van der Waals surface area contributed by atoms with Crippen LogP contribution in [0.2, 0.25) is 0 Å². The summed E-state index contributed by atoms with van der Waals surface area (Å²) in [6.07, 6.45) is 0.261. The van der Waals surface area contributed by atoms with Crippen molar-refractivity contribution < 1.29 is 14.3 Å². The molecule has 0 aliphatic carbocycles. The Hall–Kier alpha value is -2.08. The average molecular weight is 319 g/mol. The molecule has 1 fully saturated rings. The highest BCUT2D eigenvalue weighted by molar-refractivity contribution is 5.83. The third-order valence-corrected chi connectivity index (χ3v) is 4.30. The van der Waals surface area contributed by atoms with Crippen molar-refractivity contribution >= 4 is 11.8 Å². The first-order valence-corrected chi connectivity index (χ1v) is 7.88. The largest absolute Gasteiger partial charge is 0.496 e. The Bertz CT molecular complexity index is 574. The fraction of sp³-hybridized carbons (Fsp3) is 0.529. The maximum Gasteiger partial charge on any atom is 0.236 e. The van der Waals surface area contributed by atoms with Crippen molar-refractivity contribution in [3.8, 4) is 5.75 Å². The summed E-state index contributed by atoms with van der Waals surface area (Å²) in [6.45, 7) is 5.67. The van der Waals surface area contributed by atoms with E-state index in [1.807, 2.05) is 38.1 Å². The van der Waals surface area contributed by atoms with Crippen LogP contribution in [0, 0.1) is 0 Å². The fourth-order valence-corrected chi connectivity index (χ4v) is 3.02. The minimum Gasteiger partial charge on any atom is -0.496 e. The van der Waals surface area contributed by atoms with Crippen LogP contribution in [-0.4, -0.2) is 60.4 Å². The van der Waals surface area contributed by atoms with Gasteiger partial charge in [0, 0.05) is 31.2 Å². The van der Waals surface area contributed by atoms with Gasteiger partial charge in [0.25, 0.3) is 0 Å². The number of hydrogen-bond donors (Lipinski definition) is 1. The van der Waals surface area contributed by atoms with Crippen molar-refractivity contribution in [1.82, 2.24) is 9.80 Å². The summed E-state index contributed by atoms with van der Waals surface area (Å²) in [6, 6.07) is 7.27. The molecule has 1 aliphatic rings. The number of methoxy groups -OCH3 is 1. The van der Waals surface area contributed by atoms with Crippen LogP contribution < -0.4 is 10.5 Å². The van der Waals surface area contributed by atoms with E-state index in [9.17, 15) is 9.59 Å². The summed E-state index contributed by atoms with van der Waals surface area (Å²) < 4.78 is 5.29. The fourth-order valence-electron chi connectivity index (χ4n) is 3.02. The van der Waals surface area contributed by atoms with E-state index < -0.39 is 6.04 Å². The highest BCUT2D eigenvalue weighted by atomic mass is 16.5. The number of nitrogens with zero attached hydrogens (tertiary/aromatic N) is 2. The Morgan fingerprint density at radius 1 is 1.30 bits per heavy atom. The highest BCUT2D eigenvalue weighted by Crippen LogP contribution is 2.20. The first-order valence-electron chi connectivity index (χ1n) is 7.88. The number of amides is 2. The van der Waals surface area contributed by atoms with Crippen molar-refractivity contribution in [3.63, 3.8) is 0 Å². The van der Waals surface area contributed by atoms with E-state index in [1.165, 1.54) is 0 Å². The molecule has 6 heteroatoms. The molecule has 126 valence electrons. The van der Waals surface area contributed by atoms with Crippen LogP contribution in [0.3, 0.4) is 0 Å². The predicted molar refractivity (Wildman–Crippen MR) is 88.1 cm³/mol. The number of benzene rings is 1. The molecule has 2 amide bonds. The maximum atomic E-state index is 12.6. The van der Waals surface area contributed by atoms with Crippen molar-refractivity contribution in [3.05, 3.63) is 29.8 Å². The third-order valence-electron chi connectivity index (χ3n) is 4.30. The number of ether oxygens (including phenoxy) is 1. The minimum absolute atomic E-state index is 0.0100. The Morgan fingerprint density at radius 2 is 2.00 bits per heavy atom. The van der Waals surface area contributed by atoms with E-state index >= 15 is 0 Å². The summed E-state index contributed by atoms with van der Waals surface area (Å²) in [5.41, 5.74) is 6.37. The normalized spacial score (nSPS) is 19.0. The van der Waals surface area contributed by atoms with Crippen LogP contribution in [0.15, 0.2) is 24.3 Å². The quantitative estimate of drug-likeness (QED) is 0.864. The lowest BCUT2D eigenvalue weighted by Crippen LogP contribution is -2.61. The van der Waals surface area contributed by atoms with Crippen LogP contribution >= 0.6 is 0 Å². The summed E-state index contributed by atoms with van der Waals surface area (Å²) in [5, 5.41) is 0. The molecule has 6 nitrogen and oxygen atoms in total. The van der Waals surface area contributed by atoms with E-state index in [2.05, 4.69) is 4.90 Å². The zero-order chi connectivity index (χ0) is 17.0. The van der Waals surface area contributed by atoms with Gasteiger partial charge in [0.05, 0.1) is 13.5 Å². The van der Waals surface area contributed by atoms with Gasteiger partial charge in [0.1, 0.15) is 11.8 Å². The summed E-state index contributed by atoms with van der Waals surface area (Å²) in [7, 11) is 1.59. The van der Waals surface area contributed by atoms with Crippen LogP contribution in [-0.2, 0) is 16.0 Å². The van der Waals surface area contributed by atoms with Crippen molar-refractivity contribution in [2.45, 2.75) is 32.4 Å². The predicted octanol–water partition coefficient (Wildman–Crippen LogP) is 0.644. The molecule has 1 unspecified atom stereocenters. The molecule has 2 N–H and O–H groups in total. The molecule has 1 atom stereocenters. The lowest BCUT2D eigenvalue weighted by Gasteiger charge is -2.42. The standard InChI is InChI=1S/C17H25N3O3/c1-12(2)20-9-8-19(11-14(20)17(18)22)16(21)10-13-6-4-5-7-15(13)23-3/h4-7,12,14H,8-11H2,1-3H3,(H2,18,22). The molecule has 0 saturated carbocycles. The number of carbonyl (C=O) groups is 2. The number of hydrogen-bond acceptors (Lipinski definition) is 4. The van der Waals surface area contributed by atoms with Gasteiger partial charge >= 0.3 is 0 Å². The first-order chi connectivity index (χ1) is 10.9. The number of para-hydroxylation sites is 1. The van der Waals surface area contributed by atoms with Gasteiger partial charge < -0.3 is 15.4 Å². The van der Waals surface area contributed by atoms with Gasteiger partial charge in [-0.1, -0.05) is 18.2 Å². The van der Waals surface area contributed by atoms with Crippen molar-refractivity contribution in [1.29, 1.82) is 0 Å². The van der Waals surface area contributed by atoms with Crippen molar-refractivity contribution in [2.75, 3.05) is 26.7 Å². The van der Waals surface area contributed by atoms with Gasteiger partial charge in [-0.3, -0.25) is 14.5 Å². The smallest absolute Gasteiger partial charge is 0.236 e. The number of piperazine rings is 1. The summed E-state index contributed by atoms with van der Waals surface area (Å²) >= 11 is 0. The number of nitrogens with two attached hydrogens (primary N) is 1. The van der Waals surface area contributed by atoms with E-state index in [1.54, 1.807) is 12.0 Å². The maximum absolute atomic E-state index is 12.6. The molecule has 1 aliphatic heterocycles. The van der Waals surface area contributed by atoms with Gasteiger partial charge in [-0.25, -0.2) is 0 Å². The second kappa shape index (κ2) is 7.46. The van der Waals surface area contributed by atoms with Crippen LogP contribution in [0.1, 0.15) is 19.4 Å². The summed E-state index contributed by atoms with van der Waals surface area (Å²) in [4.78, 5) is 28.1. The van der Waals surface area contributed by atoms with Gasteiger partial charge in [-0.15, -0.1) is 0 Å². The minimum atomic E-state index is -0.426. The van der Waals surface area contributed by atoms with E-state index in [4.69, 9.17) is 10.5 Å². The average Bonchev–Trinajstić information content (AvgIpc) is 2.54. The lowest BCUT2D eigenvalue weighted by atomic mass is 10.1. The van der Waals surface area contributed by atoms with E-state index in [0.29, 0.717) is 25.4 Å². The molecule has 0 aromatic heterocycles. The Morgan fingerprint density at radius 3 is 2.61 bits per heavy atom. The Balaban J connectivity index is 2.07. The molecule has 0 radical (unpaired) electrons. The molecular formula is C17H25N3O3. The second-order valence-electron chi connectivity index (χ2n) is 6.08. The molecule has 0 spiro atoms. The SMILES string of the molecule is COc1ccccc1CC(=O)N1CCN(C(C)C)C(C(N)=O)C1. The Kier molecular flexibility index (Phi) is 5.60. The molecule has 1 aromatic rings. The van der Waals surface area contributed by atoms with E-state index in [0.717, 1.165) is 5.56 Å². The molecule has 23 heavy (non-hydrogen) atoms. The van der Waals surface area contributed by atoms with Crippen LogP contribution in [0.25, 0.3) is 0 Å². The monoisotopic (exact) mass is 319 g/mol. The number of primary amides is 1. The second-order valence-corrected chi connectivity index (χ2v) is 6.08. The molecule has 1 heterocycles. The summed E-state index contributed by atoms with van der Waals surface area (Å²) in [5.74, 6) is 0.311. The van der Waals surface area contributed by atoms with Crippen molar-refractivity contribution in [2.24, 2.45) is 5.73 Å².